The first-order valence-electron chi connectivity index (χ1n) is 6.64. The first kappa shape index (κ1) is 16.2. The second-order valence-electron chi connectivity index (χ2n) is 6.84. The summed E-state index contributed by atoms with van der Waals surface area (Å²) in [6.45, 7) is 12.6. The Kier molecular flexibility index (Phi) is 4.46. The molecule has 1 heterocycles. The van der Waals surface area contributed by atoms with E-state index in [0.29, 0.717) is 6.61 Å². The number of carbonyl (C=O) groups excluding carboxylic acids is 1. The van der Waals surface area contributed by atoms with E-state index < -0.39 is 20.2 Å². The van der Waals surface area contributed by atoms with Gasteiger partial charge in [-0.3, -0.25) is 9.59 Å². The summed E-state index contributed by atoms with van der Waals surface area (Å²) in [7, 11) is -1.90. The van der Waals surface area contributed by atoms with Crippen LogP contribution in [-0.2, 0) is 14.0 Å². The highest BCUT2D eigenvalue weighted by Crippen LogP contribution is 2.37. The van der Waals surface area contributed by atoms with Gasteiger partial charge in [0, 0.05) is 6.61 Å². The van der Waals surface area contributed by atoms with E-state index in [-0.39, 0.29) is 22.9 Å². The number of hydrogen-bond donors (Lipinski definition) is 2. The van der Waals surface area contributed by atoms with Crippen molar-refractivity contribution in [2.75, 3.05) is 6.61 Å². The molecule has 19 heavy (non-hydrogen) atoms. The molecular formula is C13H25NO4Si. The Morgan fingerprint density at radius 1 is 1.47 bits per heavy atom. The zero-order valence-corrected chi connectivity index (χ0v) is 13.6. The maximum atomic E-state index is 11.6. The molecule has 110 valence electrons. The number of rotatable bonds is 5. The Balaban J connectivity index is 2.62. The minimum absolute atomic E-state index is 0.0845. The number of amides is 1. The fourth-order valence-corrected chi connectivity index (χ4v) is 2.79. The van der Waals surface area contributed by atoms with E-state index in [0.717, 1.165) is 0 Å². The lowest BCUT2D eigenvalue weighted by Crippen LogP contribution is -2.64. The standard InChI is InChI=1S/C13H25NO4Si/c1-8(12(16)17)10-9(11(15)14-10)7-18-19(5,6)13(2,3)4/h8-10H,7H2,1-6H3,(H,14,15)(H,16,17)/t8-,9-,10-/m1/s1. The number of aliphatic carboxylic acids is 1. The lowest BCUT2D eigenvalue weighted by molar-refractivity contribution is -0.149. The topological polar surface area (TPSA) is 75.6 Å². The summed E-state index contributed by atoms with van der Waals surface area (Å²) in [6, 6.07) is -0.310. The highest BCUT2D eigenvalue weighted by Gasteiger charge is 2.46. The Morgan fingerprint density at radius 3 is 2.37 bits per heavy atom. The highest BCUT2D eigenvalue weighted by atomic mass is 28.4. The Bertz CT molecular complexity index is 375. The third-order valence-electron chi connectivity index (χ3n) is 4.44. The zero-order chi connectivity index (χ0) is 15.0. The Hall–Kier alpha value is -0.883. The molecule has 3 atom stereocenters. The van der Waals surface area contributed by atoms with Crippen LogP contribution in [0.25, 0.3) is 0 Å². The molecule has 1 saturated heterocycles. The lowest BCUT2D eigenvalue weighted by atomic mass is 9.82. The van der Waals surface area contributed by atoms with Crippen molar-refractivity contribution in [3.63, 3.8) is 0 Å². The summed E-state index contributed by atoms with van der Waals surface area (Å²) < 4.78 is 6.01. The molecule has 0 aromatic carbocycles. The summed E-state index contributed by atoms with van der Waals surface area (Å²) in [5, 5.41) is 11.7. The van der Waals surface area contributed by atoms with Crippen molar-refractivity contribution in [3.8, 4) is 0 Å². The van der Waals surface area contributed by atoms with Crippen LogP contribution in [-0.4, -0.2) is 37.9 Å². The molecule has 0 radical (unpaired) electrons. The fraction of sp³-hybridized carbons (Fsp3) is 0.846. The van der Waals surface area contributed by atoms with Crippen molar-refractivity contribution in [2.45, 2.75) is 51.9 Å². The molecule has 5 nitrogen and oxygen atoms in total. The monoisotopic (exact) mass is 287 g/mol. The summed E-state index contributed by atoms with van der Waals surface area (Å²) in [4.78, 5) is 22.5. The molecule has 2 N–H and O–H groups in total. The number of hydrogen-bond acceptors (Lipinski definition) is 3. The molecule has 1 aliphatic heterocycles. The van der Waals surface area contributed by atoms with Gasteiger partial charge in [0.15, 0.2) is 8.32 Å². The van der Waals surface area contributed by atoms with Gasteiger partial charge in [-0.1, -0.05) is 20.8 Å². The molecule has 0 spiro atoms. The summed E-state index contributed by atoms with van der Waals surface area (Å²) in [5.41, 5.74) is 0. The van der Waals surface area contributed by atoms with Gasteiger partial charge in [0.05, 0.1) is 17.9 Å². The largest absolute Gasteiger partial charge is 0.481 e. The normalized spacial score (nSPS) is 25.5. The molecule has 1 aliphatic rings. The third-order valence-corrected chi connectivity index (χ3v) is 8.94. The van der Waals surface area contributed by atoms with Crippen LogP contribution in [0.4, 0.5) is 0 Å². The average Bonchev–Trinajstić information content (AvgIpc) is 2.22. The Labute approximate surface area is 115 Å². The lowest BCUT2D eigenvalue weighted by Gasteiger charge is -2.42. The van der Waals surface area contributed by atoms with E-state index in [1.54, 1.807) is 6.92 Å². The minimum Gasteiger partial charge on any atom is -0.481 e. The van der Waals surface area contributed by atoms with Crippen LogP contribution in [0.3, 0.4) is 0 Å². The van der Waals surface area contributed by atoms with Gasteiger partial charge in [-0.15, -0.1) is 0 Å². The van der Waals surface area contributed by atoms with Crippen LogP contribution < -0.4 is 5.32 Å². The number of carboxylic acids is 1. The van der Waals surface area contributed by atoms with E-state index in [4.69, 9.17) is 9.53 Å². The molecule has 0 bridgehead atoms. The first-order chi connectivity index (χ1) is 8.47. The van der Waals surface area contributed by atoms with Crippen LogP contribution >= 0.6 is 0 Å². The van der Waals surface area contributed by atoms with Gasteiger partial charge >= 0.3 is 5.97 Å². The van der Waals surface area contributed by atoms with E-state index >= 15 is 0 Å². The smallest absolute Gasteiger partial charge is 0.308 e. The van der Waals surface area contributed by atoms with E-state index in [1.165, 1.54) is 0 Å². The number of nitrogens with one attached hydrogen (secondary N) is 1. The van der Waals surface area contributed by atoms with Crippen LogP contribution in [0.15, 0.2) is 0 Å². The summed E-state index contributed by atoms with van der Waals surface area (Å²) in [6.07, 6.45) is 0. The Morgan fingerprint density at radius 2 is 2.00 bits per heavy atom. The van der Waals surface area contributed by atoms with Gasteiger partial charge in [-0.2, -0.15) is 0 Å². The first-order valence-corrected chi connectivity index (χ1v) is 9.55. The zero-order valence-electron chi connectivity index (χ0n) is 12.6. The average molecular weight is 287 g/mol. The van der Waals surface area contributed by atoms with Gasteiger partial charge in [0.1, 0.15) is 0 Å². The van der Waals surface area contributed by atoms with Crippen molar-refractivity contribution in [3.05, 3.63) is 0 Å². The summed E-state index contributed by atoms with van der Waals surface area (Å²) >= 11 is 0. The molecule has 0 aromatic heterocycles. The van der Waals surface area contributed by atoms with Gasteiger partial charge in [-0.05, 0) is 25.1 Å². The molecule has 0 aliphatic carbocycles. The second kappa shape index (κ2) is 5.24. The van der Waals surface area contributed by atoms with Crippen molar-refractivity contribution in [2.24, 2.45) is 11.8 Å². The van der Waals surface area contributed by atoms with Gasteiger partial charge in [-0.25, -0.2) is 0 Å². The van der Waals surface area contributed by atoms with Crippen LogP contribution in [0.1, 0.15) is 27.7 Å². The SMILES string of the molecule is C[C@@H](C(=O)O)[C@H]1NC(=O)[C@@H]1CO[Si](C)(C)C(C)(C)C. The van der Waals surface area contributed by atoms with Crippen molar-refractivity contribution < 1.29 is 19.1 Å². The van der Waals surface area contributed by atoms with E-state index in [2.05, 4.69) is 39.2 Å². The predicted molar refractivity (Wildman–Crippen MR) is 75.4 cm³/mol. The molecule has 1 fully saturated rings. The minimum atomic E-state index is -1.90. The molecule has 0 saturated carbocycles. The molecule has 0 unspecified atom stereocenters. The van der Waals surface area contributed by atoms with Crippen LogP contribution in [0.2, 0.25) is 18.1 Å². The van der Waals surface area contributed by atoms with Crippen LogP contribution in [0.5, 0.6) is 0 Å². The van der Waals surface area contributed by atoms with Crippen molar-refractivity contribution in [1.29, 1.82) is 0 Å². The van der Waals surface area contributed by atoms with Crippen molar-refractivity contribution in [1.82, 2.24) is 5.32 Å². The van der Waals surface area contributed by atoms with E-state index in [1.807, 2.05) is 0 Å². The van der Waals surface area contributed by atoms with Gasteiger partial charge in [0.25, 0.3) is 0 Å². The highest BCUT2D eigenvalue weighted by molar-refractivity contribution is 6.74. The number of carbonyl (C=O) groups is 2. The predicted octanol–water partition coefficient (Wildman–Crippen LogP) is 1.84. The maximum absolute atomic E-state index is 11.6. The number of carboxylic acid groups (broad SMARTS) is 1. The third kappa shape index (κ3) is 3.36. The fourth-order valence-electron chi connectivity index (χ4n) is 1.76. The molecule has 6 heteroatoms. The van der Waals surface area contributed by atoms with Crippen molar-refractivity contribution >= 4 is 20.2 Å². The molecular weight excluding hydrogens is 262 g/mol. The maximum Gasteiger partial charge on any atom is 0.308 e. The van der Waals surface area contributed by atoms with E-state index in [9.17, 15) is 9.59 Å². The summed E-state index contributed by atoms with van der Waals surface area (Å²) in [5.74, 6) is -1.90. The second-order valence-corrected chi connectivity index (χ2v) is 11.6. The number of β-lactam (4-membered cyclic amide) rings is 1. The van der Waals surface area contributed by atoms with Gasteiger partial charge < -0.3 is 14.8 Å². The quantitative estimate of drug-likeness (QED) is 0.597. The molecule has 1 rings (SSSR count). The molecule has 0 aromatic rings. The molecule has 1 amide bonds. The van der Waals surface area contributed by atoms with Crippen LogP contribution in [0, 0.1) is 11.8 Å². The van der Waals surface area contributed by atoms with Gasteiger partial charge in [0.2, 0.25) is 5.91 Å².